The molecule has 0 spiro atoms. The minimum absolute atomic E-state index is 0.0871. The Morgan fingerprint density at radius 1 is 1.18 bits per heavy atom. The zero-order chi connectivity index (χ0) is 12.3. The molecule has 0 atom stereocenters. The average Bonchev–Trinajstić information content (AvgIpc) is 2.73. The molecule has 1 aliphatic carbocycles. The van der Waals surface area contributed by atoms with E-state index in [1.165, 1.54) is 0 Å². The predicted octanol–water partition coefficient (Wildman–Crippen LogP) is 2.36. The van der Waals surface area contributed by atoms with Crippen LogP contribution in [0.4, 0.5) is 0 Å². The molecule has 0 heterocycles. The Bertz CT molecular complexity index is 459. The molecule has 17 heavy (non-hydrogen) atoms. The second kappa shape index (κ2) is 5.19. The first-order valence-electron chi connectivity index (χ1n) is 6.11. The van der Waals surface area contributed by atoms with Crippen LogP contribution in [-0.2, 0) is 15.8 Å². The Labute approximate surface area is 103 Å². The molecule has 1 saturated carbocycles. The summed E-state index contributed by atoms with van der Waals surface area (Å²) in [6.45, 7) is 2.00. The van der Waals surface area contributed by atoms with Crippen LogP contribution < -0.4 is 4.72 Å². The smallest absolute Gasteiger partial charge is 0.212 e. The van der Waals surface area contributed by atoms with Crippen molar-refractivity contribution in [3.63, 3.8) is 0 Å². The Morgan fingerprint density at radius 3 is 2.35 bits per heavy atom. The van der Waals surface area contributed by atoms with E-state index in [1.54, 1.807) is 0 Å². The maximum absolute atomic E-state index is 11.9. The average molecular weight is 253 g/mol. The highest BCUT2D eigenvalue weighted by atomic mass is 32.2. The van der Waals surface area contributed by atoms with E-state index in [1.807, 2.05) is 31.2 Å². The zero-order valence-corrected chi connectivity index (χ0v) is 11.0. The molecule has 0 aromatic heterocycles. The molecule has 1 aliphatic rings. The molecule has 1 N–H and O–H groups in total. The first-order chi connectivity index (χ1) is 8.05. The third-order valence-electron chi connectivity index (χ3n) is 3.18. The highest BCUT2D eigenvalue weighted by molar-refractivity contribution is 7.88. The highest BCUT2D eigenvalue weighted by Crippen LogP contribution is 2.19. The van der Waals surface area contributed by atoms with Crippen LogP contribution in [0, 0.1) is 6.92 Å². The second-order valence-corrected chi connectivity index (χ2v) is 6.60. The summed E-state index contributed by atoms with van der Waals surface area (Å²) in [4.78, 5) is 0. The zero-order valence-electron chi connectivity index (χ0n) is 10.1. The van der Waals surface area contributed by atoms with Crippen molar-refractivity contribution >= 4 is 10.0 Å². The van der Waals surface area contributed by atoms with Crippen molar-refractivity contribution in [1.29, 1.82) is 0 Å². The van der Waals surface area contributed by atoms with Gasteiger partial charge in [-0.15, -0.1) is 0 Å². The van der Waals surface area contributed by atoms with Crippen LogP contribution in [0.5, 0.6) is 0 Å². The van der Waals surface area contributed by atoms with E-state index < -0.39 is 10.0 Å². The van der Waals surface area contributed by atoms with Gasteiger partial charge >= 0.3 is 0 Å². The summed E-state index contributed by atoms with van der Waals surface area (Å²) in [5, 5.41) is 0. The van der Waals surface area contributed by atoms with Crippen molar-refractivity contribution in [3.8, 4) is 0 Å². The molecule has 0 unspecified atom stereocenters. The number of nitrogens with one attached hydrogen (secondary N) is 1. The van der Waals surface area contributed by atoms with Crippen LogP contribution in [0.3, 0.4) is 0 Å². The molecule has 0 radical (unpaired) electrons. The standard InChI is InChI=1S/C13H19NO2S/c1-11-6-8-12(9-7-11)10-17(15,16)14-13-4-2-3-5-13/h6-9,13-14H,2-5,10H2,1H3. The van der Waals surface area contributed by atoms with Gasteiger partial charge in [0, 0.05) is 6.04 Å². The fourth-order valence-electron chi connectivity index (χ4n) is 2.24. The minimum atomic E-state index is -3.18. The van der Waals surface area contributed by atoms with Gasteiger partial charge in [-0.3, -0.25) is 0 Å². The van der Waals surface area contributed by atoms with Crippen LogP contribution in [0.2, 0.25) is 0 Å². The van der Waals surface area contributed by atoms with Gasteiger partial charge in [-0.2, -0.15) is 0 Å². The lowest BCUT2D eigenvalue weighted by atomic mass is 10.2. The number of rotatable bonds is 4. The molecule has 0 saturated heterocycles. The molecular formula is C13H19NO2S. The van der Waals surface area contributed by atoms with Crippen molar-refractivity contribution in [2.75, 3.05) is 0 Å². The third-order valence-corrected chi connectivity index (χ3v) is 4.58. The lowest BCUT2D eigenvalue weighted by Crippen LogP contribution is -2.33. The van der Waals surface area contributed by atoms with Gasteiger partial charge in [0.15, 0.2) is 0 Å². The maximum Gasteiger partial charge on any atom is 0.216 e. The van der Waals surface area contributed by atoms with Gasteiger partial charge in [-0.05, 0) is 25.3 Å². The number of sulfonamides is 1. The Kier molecular flexibility index (Phi) is 3.84. The van der Waals surface area contributed by atoms with Crippen LogP contribution in [0.15, 0.2) is 24.3 Å². The summed E-state index contributed by atoms with van der Waals surface area (Å²) >= 11 is 0. The van der Waals surface area contributed by atoms with E-state index in [0.717, 1.165) is 36.8 Å². The first kappa shape index (κ1) is 12.6. The van der Waals surface area contributed by atoms with Crippen LogP contribution in [-0.4, -0.2) is 14.5 Å². The summed E-state index contributed by atoms with van der Waals surface area (Å²) in [6.07, 6.45) is 4.23. The molecular weight excluding hydrogens is 234 g/mol. The van der Waals surface area contributed by atoms with E-state index in [-0.39, 0.29) is 11.8 Å². The van der Waals surface area contributed by atoms with Crippen molar-refractivity contribution < 1.29 is 8.42 Å². The molecule has 1 aromatic carbocycles. The molecule has 0 bridgehead atoms. The number of hydrogen-bond acceptors (Lipinski definition) is 2. The summed E-state index contributed by atoms with van der Waals surface area (Å²) in [6, 6.07) is 7.80. The quantitative estimate of drug-likeness (QED) is 0.895. The van der Waals surface area contributed by atoms with Crippen molar-refractivity contribution in [1.82, 2.24) is 4.72 Å². The van der Waals surface area contributed by atoms with Gasteiger partial charge in [0.25, 0.3) is 0 Å². The Balaban J connectivity index is 1.98. The fraction of sp³-hybridized carbons (Fsp3) is 0.538. The lowest BCUT2D eigenvalue weighted by Gasteiger charge is -2.12. The number of benzene rings is 1. The van der Waals surface area contributed by atoms with Gasteiger partial charge < -0.3 is 0 Å². The number of aryl methyl sites for hydroxylation is 1. The maximum atomic E-state index is 11.9. The lowest BCUT2D eigenvalue weighted by molar-refractivity contribution is 0.551. The first-order valence-corrected chi connectivity index (χ1v) is 7.76. The summed E-state index contributed by atoms with van der Waals surface area (Å²) in [5.74, 6) is 0.0871. The molecule has 0 aliphatic heterocycles. The van der Waals surface area contributed by atoms with Gasteiger partial charge in [0.05, 0.1) is 5.75 Å². The van der Waals surface area contributed by atoms with Crippen molar-refractivity contribution in [2.24, 2.45) is 0 Å². The Hall–Kier alpha value is -0.870. The summed E-state index contributed by atoms with van der Waals surface area (Å²) in [5.41, 5.74) is 2.00. The molecule has 94 valence electrons. The molecule has 0 amide bonds. The predicted molar refractivity (Wildman–Crippen MR) is 69.2 cm³/mol. The van der Waals surface area contributed by atoms with Gasteiger partial charge in [-0.1, -0.05) is 42.7 Å². The molecule has 2 rings (SSSR count). The molecule has 1 fully saturated rings. The van der Waals surface area contributed by atoms with E-state index in [2.05, 4.69) is 4.72 Å². The van der Waals surface area contributed by atoms with E-state index in [0.29, 0.717) is 0 Å². The minimum Gasteiger partial charge on any atom is -0.212 e. The third kappa shape index (κ3) is 3.82. The highest BCUT2D eigenvalue weighted by Gasteiger charge is 2.21. The van der Waals surface area contributed by atoms with Crippen molar-refractivity contribution in [3.05, 3.63) is 35.4 Å². The SMILES string of the molecule is Cc1ccc(CS(=O)(=O)NC2CCCC2)cc1. The Morgan fingerprint density at radius 2 is 1.76 bits per heavy atom. The van der Waals surface area contributed by atoms with E-state index in [9.17, 15) is 8.42 Å². The molecule has 1 aromatic rings. The second-order valence-electron chi connectivity index (χ2n) is 4.84. The van der Waals surface area contributed by atoms with Crippen LogP contribution >= 0.6 is 0 Å². The molecule has 3 nitrogen and oxygen atoms in total. The van der Waals surface area contributed by atoms with Crippen LogP contribution in [0.25, 0.3) is 0 Å². The topological polar surface area (TPSA) is 46.2 Å². The van der Waals surface area contributed by atoms with E-state index in [4.69, 9.17) is 0 Å². The van der Waals surface area contributed by atoms with Crippen LogP contribution in [0.1, 0.15) is 36.8 Å². The summed E-state index contributed by atoms with van der Waals surface area (Å²) < 4.78 is 26.7. The molecule has 4 heteroatoms. The summed E-state index contributed by atoms with van der Waals surface area (Å²) in [7, 11) is -3.18. The van der Waals surface area contributed by atoms with Gasteiger partial charge in [0.2, 0.25) is 10.0 Å². The monoisotopic (exact) mass is 253 g/mol. The normalized spacial score (nSPS) is 17.5. The van der Waals surface area contributed by atoms with Crippen molar-refractivity contribution in [2.45, 2.75) is 44.4 Å². The largest absolute Gasteiger partial charge is 0.216 e. The van der Waals surface area contributed by atoms with Gasteiger partial charge in [-0.25, -0.2) is 13.1 Å². The van der Waals surface area contributed by atoms with E-state index >= 15 is 0 Å². The van der Waals surface area contributed by atoms with Gasteiger partial charge in [0.1, 0.15) is 0 Å². The fourth-order valence-corrected chi connectivity index (χ4v) is 3.70. The number of hydrogen-bond donors (Lipinski definition) is 1.